The van der Waals surface area contributed by atoms with Gasteiger partial charge in [-0.2, -0.15) is 0 Å². The Balaban J connectivity index is 2.19. The number of benzene rings is 2. The number of halogens is 3. The SMILES string of the molecule is COc1cccc(C(=O)N[C@@H](C)c2cc(F)c(Cl)cc2Cl)c1. The Morgan fingerprint density at radius 3 is 2.64 bits per heavy atom. The zero-order chi connectivity index (χ0) is 16.3. The largest absolute Gasteiger partial charge is 0.497 e. The Morgan fingerprint density at radius 2 is 1.95 bits per heavy atom. The van der Waals surface area contributed by atoms with E-state index in [0.717, 1.165) is 0 Å². The predicted molar refractivity (Wildman–Crippen MR) is 85.3 cm³/mol. The van der Waals surface area contributed by atoms with Crippen LogP contribution in [0.4, 0.5) is 4.39 Å². The van der Waals surface area contributed by atoms with Crippen LogP contribution < -0.4 is 10.1 Å². The van der Waals surface area contributed by atoms with Crippen molar-refractivity contribution >= 4 is 29.1 Å². The van der Waals surface area contributed by atoms with Gasteiger partial charge in [0.2, 0.25) is 0 Å². The van der Waals surface area contributed by atoms with Crippen molar-refractivity contribution in [1.29, 1.82) is 0 Å². The van der Waals surface area contributed by atoms with Gasteiger partial charge in [-0.1, -0.05) is 29.3 Å². The average molecular weight is 342 g/mol. The Bertz CT molecular complexity index is 707. The van der Waals surface area contributed by atoms with Gasteiger partial charge in [-0.25, -0.2) is 4.39 Å². The molecule has 2 rings (SSSR count). The van der Waals surface area contributed by atoms with Crippen LogP contribution in [-0.4, -0.2) is 13.0 Å². The number of carbonyl (C=O) groups is 1. The molecule has 0 aromatic heterocycles. The van der Waals surface area contributed by atoms with Gasteiger partial charge in [0.1, 0.15) is 11.6 Å². The van der Waals surface area contributed by atoms with E-state index in [1.54, 1.807) is 31.2 Å². The molecule has 6 heteroatoms. The molecule has 1 N–H and O–H groups in total. The van der Waals surface area contributed by atoms with Crippen LogP contribution in [0.25, 0.3) is 0 Å². The van der Waals surface area contributed by atoms with Gasteiger partial charge in [-0.3, -0.25) is 4.79 Å². The molecule has 0 saturated heterocycles. The second kappa shape index (κ2) is 6.99. The fourth-order valence-corrected chi connectivity index (χ4v) is 2.54. The maximum absolute atomic E-state index is 13.6. The van der Waals surface area contributed by atoms with Gasteiger partial charge in [0.05, 0.1) is 18.2 Å². The summed E-state index contributed by atoms with van der Waals surface area (Å²) in [7, 11) is 1.52. The topological polar surface area (TPSA) is 38.3 Å². The van der Waals surface area contributed by atoms with E-state index in [2.05, 4.69) is 5.32 Å². The number of hydrogen-bond donors (Lipinski definition) is 1. The van der Waals surface area contributed by atoms with Crippen molar-refractivity contribution in [2.45, 2.75) is 13.0 Å². The van der Waals surface area contributed by atoms with Crippen molar-refractivity contribution in [3.63, 3.8) is 0 Å². The molecule has 2 aromatic rings. The van der Waals surface area contributed by atoms with Crippen LogP contribution in [0.3, 0.4) is 0 Å². The normalized spacial score (nSPS) is 11.9. The molecule has 0 spiro atoms. The Labute approximate surface area is 138 Å². The van der Waals surface area contributed by atoms with Crippen LogP contribution in [0.5, 0.6) is 5.75 Å². The summed E-state index contributed by atoms with van der Waals surface area (Å²) in [5.74, 6) is -0.308. The van der Waals surface area contributed by atoms with E-state index in [1.165, 1.54) is 19.2 Å². The Kier molecular flexibility index (Phi) is 5.27. The van der Waals surface area contributed by atoms with Gasteiger partial charge < -0.3 is 10.1 Å². The summed E-state index contributed by atoms with van der Waals surface area (Å²) < 4.78 is 18.6. The lowest BCUT2D eigenvalue weighted by Gasteiger charge is -2.16. The molecule has 0 fully saturated rings. The highest BCUT2D eigenvalue weighted by Gasteiger charge is 2.16. The highest BCUT2D eigenvalue weighted by molar-refractivity contribution is 6.35. The highest BCUT2D eigenvalue weighted by Crippen LogP contribution is 2.28. The standard InChI is InChI=1S/C16H14Cl2FNO2/c1-9(12-7-15(19)14(18)8-13(12)17)20-16(21)10-4-3-5-11(6-10)22-2/h3-9H,1-2H3,(H,20,21)/t9-/m0/s1. The minimum absolute atomic E-state index is 0.0555. The summed E-state index contributed by atoms with van der Waals surface area (Å²) in [5, 5.41) is 3.00. The molecule has 3 nitrogen and oxygen atoms in total. The lowest BCUT2D eigenvalue weighted by Crippen LogP contribution is -2.27. The maximum atomic E-state index is 13.6. The van der Waals surface area contributed by atoms with Gasteiger partial charge in [0.15, 0.2) is 0 Å². The molecule has 0 aliphatic carbocycles. The van der Waals surface area contributed by atoms with Crippen LogP contribution in [0.15, 0.2) is 36.4 Å². The third kappa shape index (κ3) is 3.70. The number of ether oxygens (including phenoxy) is 1. The van der Waals surface area contributed by atoms with Gasteiger partial charge in [0.25, 0.3) is 5.91 Å². The third-order valence-electron chi connectivity index (χ3n) is 3.19. The van der Waals surface area contributed by atoms with E-state index in [4.69, 9.17) is 27.9 Å². The molecule has 0 aliphatic rings. The Morgan fingerprint density at radius 1 is 1.23 bits per heavy atom. The summed E-state index contributed by atoms with van der Waals surface area (Å²) in [5.41, 5.74) is 0.900. The minimum Gasteiger partial charge on any atom is -0.497 e. The molecule has 1 amide bonds. The van der Waals surface area contributed by atoms with Crippen LogP contribution in [-0.2, 0) is 0 Å². The van der Waals surface area contributed by atoms with E-state index >= 15 is 0 Å². The monoisotopic (exact) mass is 341 g/mol. The minimum atomic E-state index is -0.580. The van der Waals surface area contributed by atoms with Crippen molar-refractivity contribution in [2.24, 2.45) is 0 Å². The lowest BCUT2D eigenvalue weighted by atomic mass is 10.1. The van der Waals surface area contributed by atoms with Crippen molar-refractivity contribution in [3.8, 4) is 5.75 Å². The average Bonchev–Trinajstić information content (AvgIpc) is 2.50. The molecule has 0 bridgehead atoms. The van der Waals surface area contributed by atoms with Crippen molar-refractivity contribution < 1.29 is 13.9 Å². The zero-order valence-corrected chi connectivity index (χ0v) is 13.5. The van der Waals surface area contributed by atoms with E-state index < -0.39 is 11.9 Å². The fraction of sp³-hybridized carbons (Fsp3) is 0.188. The highest BCUT2D eigenvalue weighted by atomic mass is 35.5. The lowest BCUT2D eigenvalue weighted by molar-refractivity contribution is 0.0939. The molecule has 0 saturated carbocycles. The molecule has 0 heterocycles. The first-order chi connectivity index (χ1) is 10.4. The van der Waals surface area contributed by atoms with E-state index in [9.17, 15) is 9.18 Å². The first-order valence-corrected chi connectivity index (χ1v) is 7.27. The van der Waals surface area contributed by atoms with Crippen molar-refractivity contribution in [1.82, 2.24) is 5.32 Å². The van der Waals surface area contributed by atoms with Crippen LogP contribution in [0.1, 0.15) is 28.9 Å². The van der Waals surface area contributed by atoms with Gasteiger partial charge in [0, 0.05) is 10.6 Å². The van der Waals surface area contributed by atoms with Crippen LogP contribution >= 0.6 is 23.2 Å². The quantitative estimate of drug-likeness (QED) is 0.823. The zero-order valence-electron chi connectivity index (χ0n) is 12.0. The molecule has 0 unspecified atom stereocenters. The number of nitrogens with one attached hydrogen (secondary N) is 1. The van der Waals surface area contributed by atoms with Crippen molar-refractivity contribution in [2.75, 3.05) is 7.11 Å². The number of hydrogen-bond acceptors (Lipinski definition) is 2. The van der Waals surface area contributed by atoms with Crippen LogP contribution in [0, 0.1) is 5.82 Å². The van der Waals surface area contributed by atoms with Gasteiger partial charge >= 0.3 is 0 Å². The first kappa shape index (κ1) is 16.6. The molecule has 2 aromatic carbocycles. The van der Waals surface area contributed by atoms with E-state index in [1.807, 2.05) is 0 Å². The van der Waals surface area contributed by atoms with Gasteiger partial charge in [-0.15, -0.1) is 0 Å². The summed E-state index contributed by atoms with van der Waals surface area (Å²) in [6.07, 6.45) is 0. The molecular weight excluding hydrogens is 328 g/mol. The molecular formula is C16H14Cl2FNO2. The van der Waals surface area contributed by atoms with E-state index in [-0.39, 0.29) is 10.9 Å². The molecule has 116 valence electrons. The van der Waals surface area contributed by atoms with Crippen molar-refractivity contribution in [3.05, 3.63) is 63.4 Å². The summed E-state index contributed by atoms with van der Waals surface area (Å²) in [4.78, 5) is 12.2. The third-order valence-corrected chi connectivity index (χ3v) is 3.80. The first-order valence-electron chi connectivity index (χ1n) is 6.51. The number of amides is 1. The van der Waals surface area contributed by atoms with E-state index in [0.29, 0.717) is 21.9 Å². The molecule has 1 atom stereocenters. The number of rotatable bonds is 4. The second-order valence-electron chi connectivity index (χ2n) is 4.71. The summed E-state index contributed by atoms with van der Waals surface area (Å²) >= 11 is 11.7. The fourth-order valence-electron chi connectivity index (χ4n) is 1.99. The maximum Gasteiger partial charge on any atom is 0.251 e. The Hall–Kier alpha value is -1.78. The number of methoxy groups -OCH3 is 1. The molecule has 22 heavy (non-hydrogen) atoms. The molecule has 0 aliphatic heterocycles. The summed E-state index contributed by atoms with van der Waals surface area (Å²) in [6.45, 7) is 1.71. The second-order valence-corrected chi connectivity index (χ2v) is 5.53. The summed E-state index contributed by atoms with van der Waals surface area (Å²) in [6, 6.07) is 8.81. The number of carbonyl (C=O) groups excluding carboxylic acids is 1. The van der Waals surface area contributed by atoms with Gasteiger partial charge in [-0.05, 0) is 42.8 Å². The predicted octanol–water partition coefficient (Wildman–Crippen LogP) is 4.63. The smallest absolute Gasteiger partial charge is 0.251 e. The molecule has 0 radical (unpaired) electrons. The van der Waals surface area contributed by atoms with Crippen LogP contribution in [0.2, 0.25) is 10.0 Å².